The van der Waals surface area contributed by atoms with Crippen LogP contribution in [0.3, 0.4) is 0 Å². The first kappa shape index (κ1) is 15.2. The summed E-state index contributed by atoms with van der Waals surface area (Å²) in [5.41, 5.74) is 2.02. The average molecular weight is 324 g/mol. The quantitative estimate of drug-likeness (QED) is 0.791. The van der Waals surface area contributed by atoms with Gasteiger partial charge in [0.1, 0.15) is 0 Å². The molecule has 0 unspecified atom stereocenters. The molecule has 0 saturated carbocycles. The van der Waals surface area contributed by atoms with Gasteiger partial charge in [0, 0.05) is 30.1 Å². The third kappa shape index (κ3) is 3.16. The topological polar surface area (TPSA) is 75.3 Å². The highest BCUT2D eigenvalue weighted by Crippen LogP contribution is 2.23. The Balaban J connectivity index is 1.43. The number of aliphatic hydroxyl groups excluding tert-OH is 1. The second-order valence-corrected chi connectivity index (χ2v) is 6.46. The number of nitrogens with zero attached hydrogens (tertiary/aromatic N) is 4. The Morgan fingerprint density at radius 1 is 1.17 bits per heavy atom. The molecule has 4 rings (SSSR count). The molecule has 6 heteroatoms. The summed E-state index contributed by atoms with van der Waals surface area (Å²) in [5.74, 6) is 1.41. The van der Waals surface area contributed by atoms with E-state index in [2.05, 4.69) is 33.2 Å². The van der Waals surface area contributed by atoms with E-state index in [-0.39, 0.29) is 12.0 Å². The zero-order valence-corrected chi connectivity index (χ0v) is 13.6. The summed E-state index contributed by atoms with van der Waals surface area (Å²) >= 11 is 0. The first-order valence-corrected chi connectivity index (χ1v) is 8.21. The van der Waals surface area contributed by atoms with Crippen molar-refractivity contribution in [1.29, 1.82) is 0 Å². The monoisotopic (exact) mass is 324 g/mol. The molecule has 24 heavy (non-hydrogen) atoms. The first-order valence-electron chi connectivity index (χ1n) is 8.21. The molecule has 124 valence electrons. The molecule has 1 N–H and O–H groups in total. The number of fused-ring (bicyclic) bond motifs is 1. The van der Waals surface area contributed by atoms with E-state index >= 15 is 0 Å². The lowest BCUT2D eigenvalue weighted by atomic mass is 9.99. The van der Waals surface area contributed by atoms with Crippen LogP contribution in [0.1, 0.15) is 17.4 Å². The van der Waals surface area contributed by atoms with Crippen LogP contribution in [0.5, 0.6) is 0 Å². The Kier molecular flexibility index (Phi) is 4.00. The molecular weight excluding hydrogens is 304 g/mol. The Bertz CT molecular complexity index is 848. The van der Waals surface area contributed by atoms with Gasteiger partial charge in [0.15, 0.2) is 5.82 Å². The number of para-hydroxylation sites is 1. The minimum absolute atomic E-state index is 0.169. The fourth-order valence-electron chi connectivity index (χ4n) is 3.36. The van der Waals surface area contributed by atoms with Crippen molar-refractivity contribution < 1.29 is 9.63 Å². The van der Waals surface area contributed by atoms with Crippen LogP contribution in [-0.4, -0.2) is 44.3 Å². The summed E-state index contributed by atoms with van der Waals surface area (Å²) in [6.07, 6.45) is 0.410. The highest BCUT2D eigenvalue weighted by molar-refractivity contribution is 5.78. The lowest BCUT2D eigenvalue weighted by molar-refractivity contribution is 0.139. The van der Waals surface area contributed by atoms with E-state index in [1.54, 1.807) is 6.92 Å². The largest absolute Gasteiger partial charge is 0.391 e. The molecule has 0 spiro atoms. The molecule has 1 fully saturated rings. The molecule has 1 saturated heterocycles. The summed E-state index contributed by atoms with van der Waals surface area (Å²) in [6.45, 7) is 3.82. The normalized spacial score (nSPS) is 21.6. The van der Waals surface area contributed by atoms with Gasteiger partial charge in [-0.25, -0.2) is 0 Å². The van der Waals surface area contributed by atoms with E-state index in [0.29, 0.717) is 24.8 Å². The lowest BCUT2D eigenvalue weighted by Crippen LogP contribution is -2.21. The number of aryl methyl sites for hydroxylation is 1. The lowest BCUT2D eigenvalue weighted by Gasteiger charge is -2.13. The van der Waals surface area contributed by atoms with E-state index < -0.39 is 0 Å². The van der Waals surface area contributed by atoms with E-state index in [4.69, 9.17) is 9.51 Å². The number of β-amino-alcohol motifs (C(OH)–C–C–N with tert-alkyl or cyclic N) is 1. The second kappa shape index (κ2) is 6.30. The number of hydrogen-bond donors (Lipinski definition) is 1. The van der Waals surface area contributed by atoms with Crippen LogP contribution in [0.2, 0.25) is 0 Å². The third-order valence-electron chi connectivity index (χ3n) is 4.54. The van der Waals surface area contributed by atoms with Crippen LogP contribution in [0.15, 0.2) is 40.9 Å². The Morgan fingerprint density at radius 2 is 2.04 bits per heavy atom. The molecule has 3 heterocycles. The van der Waals surface area contributed by atoms with E-state index in [1.807, 2.05) is 18.2 Å². The summed E-state index contributed by atoms with van der Waals surface area (Å²) < 4.78 is 5.17. The summed E-state index contributed by atoms with van der Waals surface area (Å²) in [5, 5.41) is 15.3. The van der Waals surface area contributed by atoms with Gasteiger partial charge in [-0.3, -0.25) is 9.88 Å². The smallest absolute Gasteiger partial charge is 0.240 e. The van der Waals surface area contributed by atoms with Crippen LogP contribution < -0.4 is 0 Å². The standard InChI is InChI=1S/C18H20N4O2/c1-12-19-18(24-21-12)11-22-9-14(17(23)10-22)8-15-7-6-13-4-2-3-5-16(13)20-15/h2-7,14,17,23H,8-11H2,1H3/t14-,17-/m1/s1. The maximum atomic E-state index is 10.4. The van der Waals surface area contributed by atoms with Crippen LogP contribution in [0, 0.1) is 12.8 Å². The van der Waals surface area contributed by atoms with Gasteiger partial charge in [-0.15, -0.1) is 0 Å². The molecule has 3 aromatic rings. The van der Waals surface area contributed by atoms with Gasteiger partial charge >= 0.3 is 0 Å². The van der Waals surface area contributed by atoms with Crippen molar-refractivity contribution >= 4 is 10.9 Å². The van der Waals surface area contributed by atoms with Gasteiger partial charge in [0.05, 0.1) is 18.2 Å². The van der Waals surface area contributed by atoms with E-state index in [1.165, 1.54) is 0 Å². The van der Waals surface area contributed by atoms with Crippen molar-refractivity contribution in [2.75, 3.05) is 13.1 Å². The molecule has 0 radical (unpaired) electrons. The minimum atomic E-state index is -0.359. The van der Waals surface area contributed by atoms with Gasteiger partial charge in [-0.05, 0) is 25.5 Å². The van der Waals surface area contributed by atoms with Crippen LogP contribution in [0.4, 0.5) is 0 Å². The van der Waals surface area contributed by atoms with Crippen molar-refractivity contribution in [3.8, 4) is 0 Å². The number of rotatable bonds is 4. The highest BCUT2D eigenvalue weighted by atomic mass is 16.5. The number of benzene rings is 1. The summed E-state index contributed by atoms with van der Waals surface area (Å²) in [4.78, 5) is 11.1. The van der Waals surface area contributed by atoms with Gasteiger partial charge in [-0.2, -0.15) is 4.98 Å². The van der Waals surface area contributed by atoms with Crippen LogP contribution >= 0.6 is 0 Å². The molecule has 2 atom stereocenters. The number of pyridine rings is 1. The molecule has 6 nitrogen and oxygen atoms in total. The Morgan fingerprint density at radius 3 is 2.88 bits per heavy atom. The molecule has 1 aliphatic rings. The molecule has 0 amide bonds. The van der Waals surface area contributed by atoms with Gasteiger partial charge < -0.3 is 9.63 Å². The predicted octanol–water partition coefficient (Wildman–Crippen LogP) is 1.96. The third-order valence-corrected chi connectivity index (χ3v) is 4.54. The maximum Gasteiger partial charge on any atom is 0.240 e. The van der Waals surface area contributed by atoms with E-state index in [0.717, 1.165) is 29.6 Å². The maximum absolute atomic E-state index is 10.4. The van der Waals surface area contributed by atoms with Crippen molar-refractivity contribution in [3.05, 3.63) is 53.8 Å². The molecule has 2 aromatic heterocycles. The van der Waals surface area contributed by atoms with E-state index in [9.17, 15) is 5.11 Å². The number of aromatic nitrogens is 3. The first-order chi connectivity index (χ1) is 11.7. The van der Waals surface area contributed by atoms with Crippen molar-refractivity contribution in [3.63, 3.8) is 0 Å². The van der Waals surface area contributed by atoms with Gasteiger partial charge in [0.2, 0.25) is 5.89 Å². The van der Waals surface area contributed by atoms with Gasteiger partial charge in [0.25, 0.3) is 0 Å². The van der Waals surface area contributed by atoms with Crippen molar-refractivity contribution in [2.45, 2.75) is 26.0 Å². The second-order valence-electron chi connectivity index (χ2n) is 6.46. The highest BCUT2D eigenvalue weighted by Gasteiger charge is 2.32. The molecule has 0 bridgehead atoms. The average Bonchev–Trinajstić information content (AvgIpc) is 3.13. The van der Waals surface area contributed by atoms with Crippen LogP contribution in [0.25, 0.3) is 10.9 Å². The number of hydrogen-bond acceptors (Lipinski definition) is 6. The van der Waals surface area contributed by atoms with Gasteiger partial charge in [-0.1, -0.05) is 29.4 Å². The SMILES string of the molecule is Cc1noc(CN2C[C@@H](Cc3ccc4ccccc4n3)[C@H](O)C2)n1. The zero-order valence-electron chi connectivity index (χ0n) is 13.6. The Labute approximate surface area is 140 Å². The molecule has 0 aliphatic carbocycles. The fourth-order valence-corrected chi connectivity index (χ4v) is 3.36. The van der Waals surface area contributed by atoms with Crippen molar-refractivity contribution in [1.82, 2.24) is 20.0 Å². The predicted molar refractivity (Wildman–Crippen MR) is 89.3 cm³/mol. The van der Waals surface area contributed by atoms with Crippen LogP contribution in [-0.2, 0) is 13.0 Å². The number of likely N-dealkylation sites (tertiary alicyclic amines) is 1. The fraction of sp³-hybridized carbons (Fsp3) is 0.389. The Hall–Kier alpha value is -2.31. The summed E-state index contributed by atoms with van der Waals surface area (Å²) in [6, 6.07) is 12.2. The molecule has 1 aliphatic heterocycles. The zero-order chi connectivity index (χ0) is 16.5. The summed E-state index contributed by atoms with van der Waals surface area (Å²) in [7, 11) is 0. The minimum Gasteiger partial charge on any atom is -0.391 e. The van der Waals surface area contributed by atoms with Crippen molar-refractivity contribution in [2.24, 2.45) is 5.92 Å². The molecular formula is C18H20N4O2. The molecule has 1 aromatic carbocycles. The number of aliphatic hydroxyl groups is 1.